The Morgan fingerprint density at radius 1 is 1.26 bits per heavy atom. The van der Waals surface area contributed by atoms with E-state index < -0.39 is 6.10 Å². The fourth-order valence-corrected chi connectivity index (χ4v) is 4.53. The lowest BCUT2D eigenvalue weighted by atomic mass is 10.1. The van der Waals surface area contributed by atoms with E-state index in [4.69, 9.17) is 9.47 Å². The highest BCUT2D eigenvalue weighted by Gasteiger charge is 2.31. The van der Waals surface area contributed by atoms with Gasteiger partial charge in [0.15, 0.2) is 11.8 Å². The number of hydrogen-bond acceptors (Lipinski definition) is 5. The number of amides is 1. The number of pyridine rings is 1. The third-order valence-corrected chi connectivity index (χ3v) is 6.37. The maximum atomic E-state index is 12.8. The number of nitrogens with zero attached hydrogens (tertiary/aromatic N) is 3. The van der Waals surface area contributed by atoms with Crippen molar-refractivity contribution in [3.8, 4) is 11.6 Å². The van der Waals surface area contributed by atoms with Gasteiger partial charge >= 0.3 is 0 Å². The average Bonchev–Trinajstić information content (AvgIpc) is 3.45. The van der Waals surface area contributed by atoms with E-state index in [1.807, 2.05) is 36.0 Å². The summed E-state index contributed by atoms with van der Waals surface area (Å²) in [4.78, 5) is 17.5. The van der Waals surface area contributed by atoms with E-state index in [-0.39, 0.29) is 11.9 Å². The summed E-state index contributed by atoms with van der Waals surface area (Å²) in [6.45, 7) is 3.82. The molecule has 2 aliphatic rings. The molecule has 2 aliphatic carbocycles. The molecule has 1 fully saturated rings. The number of fused-ring (bicyclic) bond motifs is 2. The highest BCUT2D eigenvalue weighted by atomic mass is 16.5. The molecule has 0 saturated heterocycles. The number of benzene rings is 1. The van der Waals surface area contributed by atoms with Crippen molar-refractivity contribution in [2.75, 3.05) is 7.11 Å². The van der Waals surface area contributed by atoms with Crippen LogP contribution in [0.3, 0.4) is 0 Å². The van der Waals surface area contributed by atoms with Gasteiger partial charge in [0, 0.05) is 24.4 Å². The molecule has 2 atom stereocenters. The fourth-order valence-electron chi connectivity index (χ4n) is 4.53. The molecule has 1 N–H and O–H groups in total. The Hall–Kier alpha value is -3.09. The summed E-state index contributed by atoms with van der Waals surface area (Å²) >= 11 is 0. The lowest BCUT2D eigenvalue weighted by Gasteiger charge is -2.19. The van der Waals surface area contributed by atoms with Gasteiger partial charge in [0.05, 0.1) is 18.8 Å². The molecule has 0 radical (unpaired) electrons. The first-order valence-electron chi connectivity index (χ1n) is 10.9. The van der Waals surface area contributed by atoms with E-state index in [1.165, 1.54) is 18.4 Å². The molecule has 2 aromatic heterocycles. The minimum Gasteiger partial charge on any atom is -0.497 e. The second kappa shape index (κ2) is 7.55. The monoisotopic (exact) mass is 420 g/mol. The molecule has 0 aliphatic heterocycles. The zero-order valence-electron chi connectivity index (χ0n) is 18.4. The second-order valence-electron chi connectivity index (χ2n) is 8.68. The minimum atomic E-state index is -0.650. The summed E-state index contributed by atoms with van der Waals surface area (Å²) in [5.41, 5.74) is 5.41. The van der Waals surface area contributed by atoms with Gasteiger partial charge in [-0.25, -0.2) is 0 Å². The van der Waals surface area contributed by atoms with Crippen molar-refractivity contribution in [1.82, 2.24) is 20.1 Å². The minimum absolute atomic E-state index is 0.00481. The first-order valence-corrected chi connectivity index (χ1v) is 10.9. The molecule has 1 aromatic carbocycles. The smallest absolute Gasteiger partial charge is 0.261 e. The fraction of sp³-hybridized carbons (Fsp3) is 0.458. The summed E-state index contributed by atoms with van der Waals surface area (Å²) in [6, 6.07) is 7.93. The van der Waals surface area contributed by atoms with E-state index in [1.54, 1.807) is 14.0 Å². The Labute approximate surface area is 181 Å². The van der Waals surface area contributed by atoms with Crippen molar-refractivity contribution in [2.45, 2.75) is 57.6 Å². The first kappa shape index (κ1) is 19.8. The van der Waals surface area contributed by atoms with E-state index in [0.29, 0.717) is 11.8 Å². The molecular weight excluding hydrogens is 392 g/mol. The van der Waals surface area contributed by atoms with Crippen LogP contribution in [0.25, 0.3) is 11.0 Å². The molecule has 3 aromatic rings. The lowest BCUT2D eigenvalue weighted by Crippen LogP contribution is -2.38. The maximum Gasteiger partial charge on any atom is 0.261 e. The Kier molecular flexibility index (Phi) is 4.84. The number of aromatic nitrogens is 3. The lowest BCUT2D eigenvalue weighted by molar-refractivity contribution is -0.128. The van der Waals surface area contributed by atoms with Crippen LogP contribution in [0.15, 0.2) is 24.3 Å². The molecule has 1 amide bonds. The number of nitrogens with one attached hydrogen (secondary N) is 1. The highest BCUT2D eigenvalue weighted by molar-refractivity contribution is 5.84. The zero-order valence-corrected chi connectivity index (χ0v) is 18.4. The van der Waals surface area contributed by atoms with Crippen LogP contribution in [0, 0.1) is 6.92 Å². The predicted octanol–water partition coefficient (Wildman–Crippen LogP) is 3.73. The normalized spacial score (nSPS) is 18.6. The van der Waals surface area contributed by atoms with Gasteiger partial charge < -0.3 is 14.8 Å². The standard InChI is InChI=1S/C24H28N4O3/c1-13-11-20(26-23-21(13)22(15-5-6-15)27-28(23)3)31-14(2)24(29)25-19-10-7-16-12-17(30-4)8-9-18(16)19/h8-9,11-12,14-15,19H,5-7,10H2,1-4H3,(H,25,29)/t14-,19+/m1/s1. The zero-order chi connectivity index (χ0) is 21.7. The molecule has 5 rings (SSSR count). The van der Waals surface area contributed by atoms with Crippen LogP contribution in [-0.2, 0) is 18.3 Å². The van der Waals surface area contributed by atoms with Crippen molar-refractivity contribution >= 4 is 16.9 Å². The maximum absolute atomic E-state index is 12.8. The van der Waals surface area contributed by atoms with Gasteiger partial charge in [0.1, 0.15) is 5.75 Å². The van der Waals surface area contributed by atoms with Crippen LogP contribution in [0.1, 0.15) is 60.5 Å². The van der Waals surface area contributed by atoms with Gasteiger partial charge in [-0.1, -0.05) is 6.07 Å². The van der Waals surface area contributed by atoms with Gasteiger partial charge in [0.2, 0.25) is 5.88 Å². The average molecular weight is 421 g/mol. The third-order valence-electron chi connectivity index (χ3n) is 6.37. The molecule has 0 unspecified atom stereocenters. The number of aryl methyl sites for hydroxylation is 3. The van der Waals surface area contributed by atoms with Gasteiger partial charge in [-0.05, 0) is 68.4 Å². The summed E-state index contributed by atoms with van der Waals surface area (Å²) in [5.74, 6) is 1.71. The number of carbonyl (C=O) groups excluding carboxylic acids is 1. The van der Waals surface area contributed by atoms with Crippen LogP contribution < -0.4 is 14.8 Å². The molecule has 162 valence electrons. The SMILES string of the molecule is COc1ccc2c(c1)CC[C@@H]2NC(=O)[C@@H](C)Oc1cc(C)c2c(C3CC3)nn(C)c2n1. The topological polar surface area (TPSA) is 78.3 Å². The second-order valence-corrected chi connectivity index (χ2v) is 8.68. The van der Waals surface area contributed by atoms with Crippen molar-refractivity contribution in [1.29, 1.82) is 0 Å². The Balaban J connectivity index is 1.30. The van der Waals surface area contributed by atoms with Crippen LogP contribution in [0.5, 0.6) is 11.6 Å². The van der Waals surface area contributed by atoms with Gasteiger partial charge in [-0.3, -0.25) is 9.48 Å². The number of methoxy groups -OCH3 is 1. The van der Waals surface area contributed by atoms with E-state index in [9.17, 15) is 4.79 Å². The quantitative estimate of drug-likeness (QED) is 0.657. The Bertz CT molecular complexity index is 1170. The Morgan fingerprint density at radius 3 is 2.81 bits per heavy atom. The van der Waals surface area contributed by atoms with Crippen LogP contribution >= 0.6 is 0 Å². The molecule has 0 bridgehead atoms. The predicted molar refractivity (Wildman–Crippen MR) is 118 cm³/mol. The molecular formula is C24H28N4O3. The van der Waals surface area contributed by atoms with E-state index in [0.717, 1.165) is 46.4 Å². The summed E-state index contributed by atoms with van der Waals surface area (Å²) in [7, 11) is 3.58. The summed E-state index contributed by atoms with van der Waals surface area (Å²) in [5, 5.41) is 8.93. The van der Waals surface area contributed by atoms with Crippen molar-refractivity contribution < 1.29 is 14.3 Å². The summed E-state index contributed by atoms with van der Waals surface area (Å²) < 4.78 is 13.1. The molecule has 0 spiro atoms. The number of hydrogen-bond donors (Lipinski definition) is 1. The van der Waals surface area contributed by atoms with Crippen LogP contribution in [-0.4, -0.2) is 33.9 Å². The van der Waals surface area contributed by atoms with Crippen LogP contribution in [0.4, 0.5) is 0 Å². The van der Waals surface area contributed by atoms with Crippen molar-refractivity contribution in [3.63, 3.8) is 0 Å². The molecule has 2 heterocycles. The van der Waals surface area contributed by atoms with E-state index in [2.05, 4.69) is 22.3 Å². The number of carbonyl (C=O) groups is 1. The van der Waals surface area contributed by atoms with Crippen LogP contribution in [0.2, 0.25) is 0 Å². The number of rotatable bonds is 6. The van der Waals surface area contributed by atoms with Crippen molar-refractivity contribution in [2.24, 2.45) is 7.05 Å². The number of ether oxygens (including phenoxy) is 2. The van der Waals surface area contributed by atoms with E-state index >= 15 is 0 Å². The molecule has 1 saturated carbocycles. The van der Waals surface area contributed by atoms with Gasteiger partial charge in [0.25, 0.3) is 5.91 Å². The van der Waals surface area contributed by atoms with Crippen molar-refractivity contribution in [3.05, 3.63) is 46.6 Å². The first-order chi connectivity index (χ1) is 14.9. The largest absolute Gasteiger partial charge is 0.497 e. The Morgan fingerprint density at radius 2 is 2.06 bits per heavy atom. The van der Waals surface area contributed by atoms with Gasteiger partial charge in [-0.15, -0.1) is 0 Å². The molecule has 7 nitrogen and oxygen atoms in total. The van der Waals surface area contributed by atoms with Gasteiger partial charge in [-0.2, -0.15) is 10.1 Å². The molecule has 31 heavy (non-hydrogen) atoms. The third kappa shape index (κ3) is 3.62. The molecule has 7 heteroatoms. The highest BCUT2D eigenvalue weighted by Crippen LogP contribution is 2.43. The summed E-state index contributed by atoms with van der Waals surface area (Å²) in [6.07, 6.45) is 3.54.